The summed E-state index contributed by atoms with van der Waals surface area (Å²) in [4.78, 5) is 0. The van der Waals surface area contributed by atoms with Gasteiger partial charge in [0, 0.05) is 22.9 Å². The Kier molecular flexibility index (Phi) is 3.66. The molecule has 1 heterocycles. The van der Waals surface area contributed by atoms with Crippen LogP contribution in [0.5, 0.6) is 5.75 Å². The van der Waals surface area contributed by atoms with E-state index in [1.165, 1.54) is 22.4 Å². The van der Waals surface area contributed by atoms with Gasteiger partial charge in [-0.05, 0) is 41.2 Å². The van der Waals surface area contributed by atoms with Gasteiger partial charge in [-0.3, -0.25) is 0 Å². The fraction of sp³-hybridized carbons (Fsp3) is 0.429. The molecule has 0 amide bonds. The Labute approximate surface area is 139 Å². The molecule has 0 unspecified atom stereocenters. The lowest BCUT2D eigenvalue weighted by atomic mass is 9.73. The van der Waals surface area contributed by atoms with Crippen molar-refractivity contribution in [2.45, 2.75) is 52.4 Å². The maximum atomic E-state index is 5.67. The highest BCUT2D eigenvalue weighted by atomic mass is 16.5. The Morgan fingerprint density at radius 1 is 0.957 bits per heavy atom. The quantitative estimate of drug-likeness (QED) is 0.761. The van der Waals surface area contributed by atoms with Crippen LogP contribution in [-0.2, 0) is 10.8 Å². The molecule has 1 aliphatic rings. The minimum Gasteiger partial charge on any atom is -0.494 e. The van der Waals surface area contributed by atoms with E-state index in [0.29, 0.717) is 6.61 Å². The molecule has 2 aromatic carbocycles. The summed E-state index contributed by atoms with van der Waals surface area (Å²) in [6.45, 7) is 14.1. The number of anilines is 2. The molecular formula is C21H27NO. The molecular weight excluding hydrogens is 282 g/mol. The van der Waals surface area contributed by atoms with E-state index in [-0.39, 0.29) is 10.8 Å². The lowest BCUT2D eigenvalue weighted by molar-refractivity contribution is 0.340. The third-order valence-electron chi connectivity index (χ3n) is 4.80. The van der Waals surface area contributed by atoms with Crippen LogP contribution in [0.3, 0.4) is 0 Å². The zero-order valence-corrected chi connectivity index (χ0v) is 15.1. The minimum atomic E-state index is -0.0168. The molecule has 0 aromatic heterocycles. The van der Waals surface area contributed by atoms with Gasteiger partial charge < -0.3 is 10.1 Å². The van der Waals surface area contributed by atoms with Crippen LogP contribution >= 0.6 is 0 Å². The zero-order valence-electron chi connectivity index (χ0n) is 15.1. The fourth-order valence-corrected chi connectivity index (χ4v) is 3.38. The molecule has 0 atom stereocenters. The lowest BCUT2D eigenvalue weighted by Gasteiger charge is -2.37. The van der Waals surface area contributed by atoms with Crippen LogP contribution in [0.15, 0.2) is 36.4 Å². The largest absolute Gasteiger partial charge is 0.494 e. The van der Waals surface area contributed by atoms with Gasteiger partial charge in [-0.15, -0.1) is 0 Å². The Morgan fingerprint density at radius 3 is 2.17 bits per heavy atom. The van der Waals surface area contributed by atoms with E-state index in [0.717, 1.165) is 11.4 Å². The summed E-state index contributed by atoms with van der Waals surface area (Å²) in [5, 5.41) is 3.63. The summed E-state index contributed by atoms with van der Waals surface area (Å²) in [7, 11) is 0. The second-order valence-electron chi connectivity index (χ2n) is 7.90. The van der Waals surface area contributed by atoms with Crippen molar-refractivity contribution in [3.63, 3.8) is 0 Å². The second kappa shape index (κ2) is 5.30. The van der Waals surface area contributed by atoms with Crippen LogP contribution in [0.4, 0.5) is 11.4 Å². The van der Waals surface area contributed by atoms with Gasteiger partial charge in [-0.2, -0.15) is 0 Å². The zero-order chi connectivity index (χ0) is 16.8. The molecule has 0 saturated carbocycles. The molecule has 2 nitrogen and oxygen atoms in total. The van der Waals surface area contributed by atoms with E-state index in [9.17, 15) is 0 Å². The van der Waals surface area contributed by atoms with Crippen molar-refractivity contribution in [3.05, 3.63) is 53.1 Å². The fourth-order valence-electron chi connectivity index (χ4n) is 3.38. The summed E-state index contributed by atoms with van der Waals surface area (Å²) in [5.41, 5.74) is 6.51. The smallest absolute Gasteiger partial charge is 0.121 e. The van der Waals surface area contributed by atoms with E-state index < -0.39 is 0 Å². The minimum absolute atomic E-state index is 0.0168. The molecule has 0 fully saturated rings. The Bertz CT molecular complexity index is 738. The van der Waals surface area contributed by atoms with E-state index in [1.54, 1.807) is 0 Å². The average Bonchev–Trinajstić information content (AvgIpc) is 2.46. The molecule has 2 heteroatoms. The summed E-state index contributed by atoms with van der Waals surface area (Å²) < 4.78 is 5.67. The first-order chi connectivity index (χ1) is 10.7. The van der Waals surface area contributed by atoms with Gasteiger partial charge in [-0.1, -0.05) is 52.8 Å². The maximum Gasteiger partial charge on any atom is 0.121 e. The summed E-state index contributed by atoms with van der Waals surface area (Å²) in [6, 6.07) is 13.2. The molecule has 0 spiro atoms. The van der Waals surface area contributed by atoms with Crippen molar-refractivity contribution in [1.29, 1.82) is 0 Å². The van der Waals surface area contributed by atoms with Gasteiger partial charge >= 0.3 is 0 Å². The predicted molar refractivity (Wildman–Crippen MR) is 98.2 cm³/mol. The highest BCUT2D eigenvalue weighted by Crippen LogP contribution is 2.47. The molecule has 23 heavy (non-hydrogen) atoms. The topological polar surface area (TPSA) is 21.3 Å². The predicted octanol–water partition coefficient (Wildman–Crippen LogP) is 5.77. The monoisotopic (exact) mass is 309 g/mol. The van der Waals surface area contributed by atoms with Gasteiger partial charge in [0.2, 0.25) is 0 Å². The SMILES string of the molecule is CCOc1ccc2c(c1)Nc1cc(C(C)(C)C)ccc1C2(C)C. The summed E-state index contributed by atoms with van der Waals surface area (Å²) in [6.07, 6.45) is 0. The number of hydrogen-bond donors (Lipinski definition) is 1. The highest BCUT2D eigenvalue weighted by Gasteiger charge is 2.33. The molecule has 3 rings (SSSR count). The van der Waals surface area contributed by atoms with Gasteiger partial charge in [0.25, 0.3) is 0 Å². The van der Waals surface area contributed by atoms with Crippen molar-refractivity contribution < 1.29 is 4.74 Å². The van der Waals surface area contributed by atoms with Crippen molar-refractivity contribution in [2.24, 2.45) is 0 Å². The Morgan fingerprint density at radius 2 is 1.57 bits per heavy atom. The third kappa shape index (κ3) is 2.71. The molecule has 1 aliphatic heterocycles. The Hall–Kier alpha value is -1.96. The lowest BCUT2D eigenvalue weighted by Crippen LogP contribution is -2.26. The first-order valence-corrected chi connectivity index (χ1v) is 8.43. The van der Waals surface area contributed by atoms with Gasteiger partial charge in [0.15, 0.2) is 0 Å². The Balaban J connectivity index is 2.11. The van der Waals surface area contributed by atoms with Crippen LogP contribution in [0, 0.1) is 0 Å². The average molecular weight is 309 g/mol. The van der Waals surface area contributed by atoms with Crippen molar-refractivity contribution in [2.75, 3.05) is 11.9 Å². The molecule has 0 radical (unpaired) electrons. The van der Waals surface area contributed by atoms with Gasteiger partial charge in [-0.25, -0.2) is 0 Å². The standard InChI is InChI=1S/C21H27NO/c1-7-23-15-9-11-17-19(13-15)22-18-12-14(20(2,3)4)8-10-16(18)21(17,5)6/h8-13,22H,7H2,1-6H3. The number of benzene rings is 2. The van der Waals surface area contributed by atoms with Crippen molar-refractivity contribution in [3.8, 4) is 5.75 Å². The summed E-state index contributed by atoms with van der Waals surface area (Å²) >= 11 is 0. The molecule has 0 bridgehead atoms. The normalized spacial score (nSPS) is 15.4. The van der Waals surface area contributed by atoms with Crippen LogP contribution in [0.25, 0.3) is 0 Å². The van der Waals surface area contributed by atoms with Crippen LogP contribution < -0.4 is 10.1 Å². The van der Waals surface area contributed by atoms with E-state index >= 15 is 0 Å². The van der Waals surface area contributed by atoms with Gasteiger partial charge in [0.1, 0.15) is 5.75 Å². The molecule has 0 aliphatic carbocycles. The molecule has 0 saturated heterocycles. The van der Waals surface area contributed by atoms with E-state index in [2.05, 4.69) is 76.3 Å². The highest BCUT2D eigenvalue weighted by molar-refractivity contribution is 5.77. The summed E-state index contributed by atoms with van der Waals surface area (Å²) in [5.74, 6) is 0.921. The number of rotatable bonds is 2. The first-order valence-electron chi connectivity index (χ1n) is 8.43. The first kappa shape index (κ1) is 15.9. The van der Waals surface area contributed by atoms with Crippen LogP contribution in [-0.4, -0.2) is 6.61 Å². The van der Waals surface area contributed by atoms with Gasteiger partial charge in [0.05, 0.1) is 6.61 Å². The van der Waals surface area contributed by atoms with Crippen molar-refractivity contribution >= 4 is 11.4 Å². The maximum absolute atomic E-state index is 5.67. The number of fused-ring (bicyclic) bond motifs is 2. The molecule has 2 aromatic rings. The van der Waals surface area contributed by atoms with E-state index in [4.69, 9.17) is 4.74 Å². The van der Waals surface area contributed by atoms with Crippen LogP contribution in [0.2, 0.25) is 0 Å². The molecule has 122 valence electrons. The number of hydrogen-bond acceptors (Lipinski definition) is 2. The third-order valence-corrected chi connectivity index (χ3v) is 4.80. The number of nitrogens with one attached hydrogen (secondary N) is 1. The van der Waals surface area contributed by atoms with Crippen molar-refractivity contribution in [1.82, 2.24) is 0 Å². The van der Waals surface area contributed by atoms with E-state index in [1.807, 2.05) is 6.92 Å². The second-order valence-corrected chi connectivity index (χ2v) is 7.90. The number of ether oxygens (including phenoxy) is 1. The van der Waals surface area contributed by atoms with Crippen LogP contribution in [0.1, 0.15) is 58.2 Å². The molecule has 1 N–H and O–H groups in total.